The summed E-state index contributed by atoms with van der Waals surface area (Å²) in [5.74, 6) is 0.524. The third-order valence-corrected chi connectivity index (χ3v) is 5.66. The number of ether oxygens (including phenoxy) is 1. The van der Waals surface area contributed by atoms with Crippen molar-refractivity contribution in [3.8, 4) is 16.9 Å². The highest BCUT2D eigenvalue weighted by Crippen LogP contribution is 2.24. The van der Waals surface area contributed by atoms with Gasteiger partial charge in [-0.2, -0.15) is 0 Å². The number of hydrogen-bond donors (Lipinski definition) is 1. The molecule has 31 heavy (non-hydrogen) atoms. The lowest BCUT2D eigenvalue weighted by atomic mass is 9.96. The van der Waals surface area contributed by atoms with Gasteiger partial charge in [0.15, 0.2) is 0 Å². The molecule has 0 bridgehead atoms. The zero-order valence-corrected chi connectivity index (χ0v) is 17.6. The molecule has 0 radical (unpaired) electrons. The van der Waals surface area contributed by atoms with Crippen molar-refractivity contribution in [1.29, 1.82) is 0 Å². The molecule has 1 aliphatic rings. The summed E-state index contributed by atoms with van der Waals surface area (Å²) in [6.45, 7) is 1.41. The van der Waals surface area contributed by atoms with E-state index in [-0.39, 0.29) is 17.7 Å². The van der Waals surface area contributed by atoms with Crippen molar-refractivity contribution in [1.82, 2.24) is 10.2 Å². The van der Waals surface area contributed by atoms with Crippen LogP contribution in [-0.2, 0) is 11.2 Å². The Kier molecular flexibility index (Phi) is 6.32. The minimum Gasteiger partial charge on any atom is -0.497 e. The number of carbonyl (C=O) groups is 2. The van der Waals surface area contributed by atoms with E-state index in [1.807, 2.05) is 54.6 Å². The Hall–Kier alpha value is -3.60. The average Bonchev–Trinajstić information content (AvgIpc) is 3.01. The van der Waals surface area contributed by atoms with Crippen molar-refractivity contribution in [3.05, 3.63) is 90.0 Å². The molecule has 0 unspecified atom stereocenters. The van der Waals surface area contributed by atoms with E-state index in [2.05, 4.69) is 29.6 Å². The van der Waals surface area contributed by atoms with E-state index in [0.29, 0.717) is 31.6 Å². The number of amides is 2. The summed E-state index contributed by atoms with van der Waals surface area (Å²) < 4.78 is 5.22. The second-order valence-corrected chi connectivity index (χ2v) is 7.73. The van der Waals surface area contributed by atoms with Crippen LogP contribution in [0.15, 0.2) is 78.9 Å². The fourth-order valence-electron chi connectivity index (χ4n) is 3.90. The molecule has 1 fully saturated rings. The minimum atomic E-state index is -0.276. The lowest BCUT2D eigenvalue weighted by Gasteiger charge is -2.23. The van der Waals surface area contributed by atoms with Crippen LogP contribution in [0.25, 0.3) is 11.1 Å². The normalized spacial score (nSPS) is 16.4. The van der Waals surface area contributed by atoms with Gasteiger partial charge in [0.25, 0.3) is 5.91 Å². The summed E-state index contributed by atoms with van der Waals surface area (Å²) >= 11 is 0. The zero-order valence-electron chi connectivity index (χ0n) is 17.6. The maximum absolute atomic E-state index is 12.9. The Morgan fingerprint density at radius 2 is 1.61 bits per heavy atom. The first kappa shape index (κ1) is 20.7. The van der Waals surface area contributed by atoms with Crippen LogP contribution in [-0.4, -0.2) is 43.5 Å². The Balaban J connectivity index is 1.46. The Morgan fingerprint density at radius 3 is 2.26 bits per heavy atom. The molecule has 3 aromatic carbocycles. The highest BCUT2D eigenvalue weighted by molar-refractivity contribution is 5.94. The van der Waals surface area contributed by atoms with Crippen molar-refractivity contribution < 1.29 is 14.3 Å². The number of rotatable bonds is 5. The fourth-order valence-corrected chi connectivity index (χ4v) is 3.90. The SMILES string of the molecule is COc1ccc(-c2ccc(C[C@@H]3CN(C(=O)c4ccccc4)CCNC3=O)cc2)cc1. The van der Waals surface area contributed by atoms with Gasteiger partial charge >= 0.3 is 0 Å². The Bertz CT molecular complexity index is 1030. The van der Waals surface area contributed by atoms with Crippen LogP contribution in [0.3, 0.4) is 0 Å². The van der Waals surface area contributed by atoms with Crippen molar-refractivity contribution in [3.63, 3.8) is 0 Å². The summed E-state index contributed by atoms with van der Waals surface area (Å²) in [7, 11) is 1.65. The molecule has 0 aromatic heterocycles. The molecule has 1 heterocycles. The van der Waals surface area contributed by atoms with Crippen LogP contribution in [0.1, 0.15) is 15.9 Å². The highest BCUT2D eigenvalue weighted by atomic mass is 16.5. The molecule has 1 atom stereocenters. The van der Waals surface area contributed by atoms with Gasteiger partial charge in [-0.25, -0.2) is 0 Å². The number of benzene rings is 3. The van der Waals surface area contributed by atoms with Gasteiger partial charge in [-0.3, -0.25) is 9.59 Å². The number of methoxy groups -OCH3 is 1. The number of nitrogens with one attached hydrogen (secondary N) is 1. The number of nitrogens with zero attached hydrogens (tertiary/aromatic N) is 1. The molecule has 1 N–H and O–H groups in total. The van der Waals surface area contributed by atoms with Crippen molar-refractivity contribution in [2.45, 2.75) is 6.42 Å². The lowest BCUT2D eigenvalue weighted by Crippen LogP contribution is -2.37. The summed E-state index contributed by atoms with van der Waals surface area (Å²) in [5.41, 5.74) is 3.95. The Morgan fingerprint density at radius 1 is 0.968 bits per heavy atom. The van der Waals surface area contributed by atoms with Crippen molar-refractivity contribution in [2.24, 2.45) is 5.92 Å². The standard InChI is InChI=1S/C26H26N2O3/c1-31-24-13-11-21(12-14-24)20-9-7-19(8-10-20)17-23-18-28(16-15-27-25(23)29)26(30)22-5-3-2-4-6-22/h2-14,23H,15-18H2,1H3,(H,27,29)/t23-/m1/s1. The largest absolute Gasteiger partial charge is 0.497 e. The molecule has 2 amide bonds. The van der Waals surface area contributed by atoms with Crippen LogP contribution in [0.5, 0.6) is 5.75 Å². The zero-order chi connectivity index (χ0) is 21.6. The van der Waals surface area contributed by atoms with Crippen LogP contribution >= 0.6 is 0 Å². The predicted molar refractivity (Wildman–Crippen MR) is 121 cm³/mol. The second-order valence-electron chi connectivity index (χ2n) is 7.73. The maximum atomic E-state index is 12.9. The van der Waals surface area contributed by atoms with Gasteiger partial charge in [-0.1, -0.05) is 54.6 Å². The van der Waals surface area contributed by atoms with Crippen LogP contribution in [0, 0.1) is 5.92 Å². The summed E-state index contributed by atoms with van der Waals surface area (Å²) in [5, 5.41) is 2.95. The first-order chi connectivity index (χ1) is 15.1. The van der Waals surface area contributed by atoms with Gasteiger partial charge in [-0.05, 0) is 47.4 Å². The first-order valence-corrected chi connectivity index (χ1v) is 10.5. The van der Waals surface area contributed by atoms with E-state index in [4.69, 9.17) is 4.74 Å². The number of carbonyl (C=O) groups excluding carboxylic acids is 2. The van der Waals surface area contributed by atoms with Crippen molar-refractivity contribution >= 4 is 11.8 Å². The van der Waals surface area contributed by atoms with E-state index >= 15 is 0 Å². The number of hydrogen-bond acceptors (Lipinski definition) is 3. The Labute approximate surface area is 182 Å². The second kappa shape index (κ2) is 9.47. The van der Waals surface area contributed by atoms with Gasteiger partial charge in [0.1, 0.15) is 5.75 Å². The van der Waals surface area contributed by atoms with Gasteiger partial charge in [0.2, 0.25) is 5.91 Å². The van der Waals surface area contributed by atoms with E-state index < -0.39 is 0 Å². The smallest absolute Gasteiger partial charge is 0.253 e. The predicted octanol–water partition coefficient (Wildman–Crippen LogP) is 3.79. The summed E-state index contributed by atoms with van der Waals surface area (Å²) in [6, 6.07) is 25.4. The van der Waals surface area contributed by atoms with E-state index in [1.54, 1.807) is 12.0 Å². The van der Waals surface area contributed by atoms with Crippen LogP contribution < -0.4 is 10.1 Å². The molecule has 3 aromatic rings. The van der Waals surface area contributed by atoms with Gasteiger partial charge in [0, 0.05) is 25.2 Å². The first-order valence-electron chi connectivity index (χ1n) is 10.5. The molecular formula is C26H26N2O3. The van der Waals surface area contributed by atoms with Crippen LogP contribution in [0.2, 0.25) is 0 Å². The molecule has 0 saturated carbocycles. The molecule has 0 aliphatic carbocycles. The van der Waals surface area contributed by atoms with Crippen molar-refractivity contribution in [2.75, 3.05) is 26.7 Å². The molecule has 1 saturated heterocycles. The van der Waals surface area contributed by atoms with E-state index in [0.717, 1.165) is 22.4 Å². The van der Waals surface area contributed by atoms with Crippen LogP contribution in [0.4, 0.5) is 0 Å². The molecular weight excluding hydrogens is 388 g/mol. The minimum absolute atomic E-state index is 0.00240. The molecule has 5 nitrogen and oxygen atoms in total. The molecule has 4 rings (SSSR count). The lowest BCUT2D eigenvalue weighted by molar-refractivity contribution is -0.124. The monoisotopic (exact) mass is 414 g/mol. The maximum Gasteiger partial charge on any atom is 0.253 e. The third-order valence-electron chi connectivity index (χ3n) is 5.66. The molecule has 5 heteroatoms. The van der Waals surface area contributed by atoms with E-state index in [1.165, 1.54) is 0 Å². The molecule has 158 valence electrons. The average molecular weight is 415 g/mol. The fraction of sp³-hybridized carbons (Fsp3) is 0.231. The van der Waals surface area contributed by atoms with E-state index in [9.17, 15) is 9.59 Å². The van der Waals surface area contributed by atoms with Gasteiger partial charge in [-0.15, -0.1) is 0 Å². The molecule has 0 spiro atoms. The quantitative estimate of drug-likeness (QED) is 0.691. The van der Waals surface area contributed by atoms with Gasteiger partial charge < -0.3 is 15.0 Å². The topological polar surface area (TPSA) is 58.6 Å². The summed E-state index contributed by atoms with van der Waals surface area (Å²) in [4.78, 5) is 27.3. The highest BCUT2D eigenvalue weighted by Gasteiger charge is 2.28. The third kappa shape index (κ3) is 4.94. The molecule has 1 aliphatic heterocycles. The summed E-state index contributed by atoms with van der Waals surface area (Å²) in [6.07, 6.45) is 0.591. The van der Waals surface area contributed by atoms with Gasteiger partial charge in [0.05, 0.1) is 13.0 Å².